The van der Waals surface area contributed by atoms with Crippen LogP contribution >= 0.6 is 11.3 Å². The molecule has 0 aliphatic heterocycles. The van der Waals surface area contributed by atoms with Crippen LogP contribution in [0.3, 0.4) is 0 Å². The molecule has 0 radical (unpaired) electrons. The average Bonchev–Trinajstić information content (AvgIpc) is 3.22. The summed E-state index contributed by atoms with van der Waals surface area (Å²) in [4.78, 5) is 47.9. The number of likely N-dealkylation sites (N-methyl/N-ethyl adjacent to an activating group) is 1. The molecule has 0 unspecified atom stereocenters. The van der Waals surface area contributed by atoms with Gasteiger partial charge in [0.05, 0.1) is 10.4 Å². The van der Waals surface area contributed by atoms with Crippen LogP contribution in [0.15, 0.2) is 41.8 Å². The summed E-state index contributed by atoms with van der Waals surface area (Å²) < 4.78 is 4.94. The van der Waals surface area contributed by atoms with Crippen molar-refractivity contribution in [2.45, 2.75) is 19.9 Å². The summed E-state index contributed by atoms with van der Waals surface area (Å²) in [6, 6.07) is 8.88. The van der Waals surface area contributed by atoms with Crippen LogP contribution in [0, 0.1) is 0 Å². The Morgan fingerprint density at radius 3 is 2.43 bits per heavy atom. The molecule has 0 saturated heterocycles. The van der Waals surface area contributed by atoms with Gasteiger partial charge in [0.1, 0.15) is 6.04 Å². The van der Waals surface area contributed by atoms with Crippen LogP contribution in [0.1, 0.15) is 33.9 Å². The topological polar surface area (TPSA) is 114 Å². The average molecular weight is 403 g/mol. The van der Waals surface area contributed by atoms with E-state index in [1.807, 2.05) is 0 Å². The van der Waals surface area contributed by atoms with Gasteiger partial charge < -0.3 is 20.7 Å². The van der Waals surface area contributed by atoms with Crippen molar-refractivity contribution in [2.24, 2.45) is 0 Å². The van der Waals surface area contributed by atoms with Crippen molar-refractivity contribution in [3.8, 4) is 0 Å². The third kappa shape index (κ3) is 6.20. The first-order chi connectivity index (χ1) is 13.4. The number of thiophene rings is 1. The number of benzene rings is 1. The fraction of sp³-hybridized carbons (Fsp3) is 0.263. The lowest BCUT2D eigenvalue weighted by Crippen LogP contribution is -2.46. The number of rotatable bonds is 8. The minimum absolute atomic E-state index is 0.233. The molecule has 0 bridgehead atoms. The lowest BCUT2D eigenvalue weighted by molar-refractivity contribution is -0.130. The molecule has 1 atom stereocenters. The number of anilines is 1. The summed E-state index contributed by atoms with van der Waals surface area (Å²) in [6.45, 7) is 3.26. The molecular weight excluding hydrogens is 382 g/mol. The molecule has 0 aliphatic carbocycles. The van der Waals surface area contributed by atoms with E-state index in [4.69, 9.17) is 4.74 Å². The van der Waals surface area contributed by atoms with Gasteiger partial charge in [0.25, 0.3) is 11.8 Å². The van der Waals surface area contributed by atoms with E-state index in [0.717, 1.165) is 0 Å². The van der Waals surface area contributed by atoms with Gasteiger partial charge in [0, 0.05) is 12.2 Å². The maximum absolute atomic E-state index is 12.0. The second kappa shape index (κ2) is 10.2. The summed E-state index contributed by atoms with van der Waals surface area (Å²) in [5.74, 6) is -1.81. The van der Waals surface area contributed by atoms with E-state index in [0.29, 0.717) is 17.1 Å². The fourth-order valence-corrected chi connectivity index (χ4v) is 2.80. The van der Waals surface area contributed by atoms with Crippen LogP contribution < -0.4 is 16.0 Å². The van der Waals surface area contributed by atoms with Crippen molar-refractivity contribution in [1.29, 1.82) is 0 Å². The molecule has 1 heterocycles. The smallest absolute Gasteiger partial charge is 0.338 e. The van der Waals surface area contributed by atoms with Gasteiger partial charge in [-0.25, -0.2) is 4.79 Å². The van der Waals surface area contributed by atoms with Crippen molar-refractivity contribution in [3.63, 3.8) is 0 Å². The Morgan fingerprint density at radius 1 is 1.11 bits per heavy atom. The molecule has 9 heteroatoms. The van der Waals surface area contributed by atoms with E-state index in [9.17, 15) is 19.2 Å². The molecule has 1 aromatic heterocycles. The van der Waals surface area contributed by atoms with Crippen molar-refractivity contribution >= 4 is 40.7 Å². The SMILES string of the molecule is CCNC(=O)[C@H](C)NC(=O)COC(=O)c1ccc(NC(=O)c2cccs2)cc1. The van der Waals surface area contributed by atoms with Crippen LogP contribution in [0.5, 0.6) is 0 Å². The molecule has 1 aromatic carbocycles. The van der Waals surface area contributed by atoms with Crippen LogP contribution in [0.2, 0.25) is 0 Å². The summed E-state index contributed by atoms with van der Waals surface area (Å²) in [7, 11) is 0. The van der Waals surface area contributed by atoms with Gasteiger partial charge in [-0.15, -0.1) is 11.3 Å². The van der Waals surface area contributed by atoms with Gasteiger partial charge in [-0.2, -0.15) is 0 Å². The standard InChI is InChI=1S/C19H21N3O5S/c1-3-20-17(24)12(2)21-16(23)11-27-19(26)13-6-8-14(9-7-13)22-18(25)15-5-4-10-28-15/h4-10,12H,3,11H2,1-2H3,(H,20,24)(H,21,23)(H,22,25)/t12-/m0/s1. The van der Waals surface area contributed by atoms with Gasteiger partial charge in [0.2, 0.25) is 5.91 Å². The van der Waals surface area contributed by atoms with E-state index in [-0.39, 0.29) is 17.4 Å². The van der Waals surface area contributed by atoms with Crippen LogP contribution in [0.25, 0.3) is 0 Å². The van der Waals surface area contributed by atoms with Gasteiger partial charge in [0.15, 0.2) is 6.61 Å². The molecule has 3 amide bonds. The van der Waals surface area contributed by atoms with E-state index in [1.54, 1.807) is 36.6 Å². The predicted molar refractivity (Wildman–Crippen MR) is 105 cm³/mol. The van der Waals surface area contributed by atoms with E-state index < -0.39 is 24.5 Å². The number of carbonyl (C=O) groups excluding carboxylic acids is 4. The second-order valence-corrected chi connectivity index (χ2v) is 6.72. The van der Waals surface area contributed by atoms with Crippen LogP contribution in [-0.4, -0.2) is 42.9 Å². The monoisotopic (exact) mass is 403 g/mol. The normalized spacial score (nSPS) is 11.2. The molecule has 0 fully saturated rings. The molecule has 8 nitrogen and oxygen atoms in total. The highest BCUT2D eigenvalue weighted by Crippen LogP contribution is 2.14. The summed E-state index contributed by atoms with van der Waals surface area (Å²) in [5.41, 5.74) is 0.766. The Hall–Kier alpha value is -3.20. The second-order valence-electron chi connectivity index (χ2n) is 5.77. The number of nitrogens with one attached hydrogen (secondary N) is 3. The Morgan fingerprint density at radius 2 is 1.82 bits per heavy atom. The molecule has 2 aromatic rings. The lowest BCUT2D eigenvalue weighted by atomic mass is 10.2. The van der Waals surface area contributed by atoms with Crippen LogP contribution in [0.4, 0.5) is 5.69 Å². The number of ether oxygens (including phenoxy) is 1. The molecule has 3 N–H and O–H groups in total. The first kappa shape index (κ1) is 21.1. The Balaban J connectivity index is 1.81. The van der Waals surface area contributed by atoms with Crippen molar-refractivity contribution in [3.05, 3.63) is 52.2 Å². The number of amides is 3. The van der Waals surface area contributed by atoms with Crippen molar-refractivity contribution < 1.29 is 23.9 Å². The predicted octanol–water partition coefficient (Wildman–Crippen LogP) is 1.80. The molecule has 0 aliphatic rings. The zero-order valence-electron chi connectivity index (χ0n) is 15.5. The highest BCUT2D eigenvalue weighted by molar-refractivity contribution is 7.12. The zero-order chi connectivity index (χ0) is 20.5. The molecule has 2 rings (SSSR count). The maximum atomic E-state index is 12.0. The minimum Gasteiger partial charge on any atom is -0.452 e. The first-order valence-electron chi connectivity index (χ1n) is 8.59. The van der Waals surface area contributed by atoms with Gasteiger partial charge in [-0.1, -0.05) is 6.07 Å². The molecule has 148 valence electrons. The van der Waals surface area contributed by atoms with Crippen molar-refractivity contribution in [2.75, 3.05) is 18.5 Å². The van der Waals surface area contributed by atoms with Crippen LogP contribution in [-0.2, 0) is 14.3 Å². The fourth-order valence-electron chi connectivity index (χ4n) is 2.18. The number of esters is 1. The van der Waals surface area contributed by atoms with E-state index >= 15 is 0 Å². The Kier molecular flexibility index (Phi) is 7.70. The lowest BCUT2D eigenvalue weighted by Gasteiger charge is -2.13. The quantitative estimate of drug-likeness (QED) is 0.582. The van der Waals surface area contributed by atoms with Crippen molar-refractivity contribution in [1.82, 2.24) is 10.6 Å². The molecular formula is C19H21N3O5S. The van der Waals surface area contributed by atoms with E-state index in [1.165, 1.54) is 30.4 Å². The Labute approximate surface area is 166 Å². The maximum Gasteiger partial charge on any atom is 0.338 e. The third-order valence-electron chi connectivity index (χ3n) is 3.58. The number of carbonyl (C=O) groups is 4. The third-order valence-corrected chi connectivity index (χ3v) is 4.45. The zero-order valence-corrected chi connectivity index (χ0v) is 16.3. The van der Waals surface area contributed by atoms with E-state index in [2.05, 4.69) is 16.0 Å². The minimum atomic E-state index is -0.725. The number of hydrogen-bond donors (Lipinski definition) is 3. The molecule has 0 spiro atoms. The first-order valence-corrected chi connectivity index (χ1v) is 9.47. The largest absolute Gasteiger partial charge is 0.452 e. The Bertz CT molecular complexity index is 834. The summed E-state index contributed by atoms with van der Waals surface area (Å²) >= 11 is 1.33. The number of hydrogen-bond acceptors (Lipinski definition) is 6. The summed E-state index contributed by atoms with van der Waals surface area (Å²) in [5, 5.41) is 9.55. The van der Waals surface area contributed by atoms with Gasteiger partial charge >= 0.3 is 5.97 Å². The molecule has 0 saturated carbocycles. The van der Waals surface area contributed by atoms with Gasteiger partial charge in [-0.05, 0) is 49.6 Å². The summed E-state index contributed by atoms with van der Waals surface area (Å²) in [6.07, 6.45) is 0. The highest BCUT2D eigenvalue weighted by atomic mass is 32.1. The highest BCUT2D eigenvalue weighted by Gasteiger charge is 2.16. The van der Waals surface area contributed by atoms with Gasteiger partial charge in [-0.3, -0.25) is 14.4 Å². The molecule has 28 heavy (non-hydrogen) atoms.